The molecule has 7 heteroatoms. The van der Waals surface area contributed by atoms with E-state index in [4.69, 9.17) is 15.0 Å². The number of hydrogen-bond acceptors (Lipinski definition) is 7. The first-order valence-corrected chi connectivity index (χ1v) is 12.2. The first kappa shape index (κ1) is 19.9. The van der Waals surface area contributed by atoms with Crippen molar-refractivity contribution in [3.63, 3.8) is 0 Å². The van der Waals surface area contributed by atoms with Gasteiger partial charge in [0.25, 0.3) is 0 Å². The number of aryl methyl sites for hydroxylation is 1. The second-order valence-electron chi connectivity index (χ2n) is 7.76. The van der Waals surface area contributed by atoms with Crippen LogP contribution < -0.4 is 4.90 Å². The minimum Gasteiger partial charge on any atom is -0.395 e. The zero-order valence-corrected chi connectivity index (χ0v) is 18.7. The van der Waals surface area contributed by atoms with Gasteiger partial charge in [0.15, 0.2) is 11.0 Å². The molecule has 0 radical (unpaired) electrons. The Labute approximate surface area is 174 Å². The van der Waals surface area contributed by atoms with Gasteiger partial charge in [0, 0.05) is 24.2 Å². The van der Waals surface area contributed by atoms with Gasteiger partial charge in [-0.1, -0.05) is 25.6 Å². The molecule has 150 valence electrons. The third kappa shape index (κ3) is 3.37. The van der Waals surface area contributed by atoms with E-state index in [0.29, 0.717) is 12.5 Å². The molecule has 0 unspecified atom stereocenters. The van der Waals surface area contributed by atoms with Gasteiger partial charge in [-0.2, -0.15) is 0 Å². The average Bonchev–Trinajstić information content (AvgIpc) is 3.29. The lowest BCUT2D eigenvalue weighted by Crippen LogP contribution is -2.27. The molecule has 0 aliphatic heterocycles. The molecule has 1 N–H and O–H groups in total. The Kier molecular flexibility index (Phi) is 5.76. The number of fused-ring (bicyclic) bond motifs is 5. The van der Waals surface area contributed by atoms with Gasteiger partial charge in [-0.15, -0.1) is 11.3 Å². The van der Waals surface area contributed by atoms with Crippen LogP contribution in [0, 0.1) is 5.92 Å². The molecule has 1 aliphatic carbocycles. The zero-order chi connectivity index (χ0) is 19.8. The summed E-state index contributed by atoms with van der Waals surface area (Å²) in [5, 5.41) is 11.6. The number of likely N-dealkylation sites (N-methyl/N-ethyl adjacent to an activating group) is 1. The quantitative estimate of drug-likeness (QED) is 0.453. The van der Waals surface area contributed by atoms with E-state index >= 15 is 0 Å². The van der Waals surface area contributed by atoms with Crippen LogP contribution in [0.15, 0.2) is 5.16 Å². The fourth-order valence-electron chi connectivity index (χ4n) is 4.21. The first-order valence-electron chi connectivity index (χ1n) is 10.1. The molecule has 0 saturated heterocycles. The van der Waals surface area contributed by atoms with E-state index in [1.54, 1.807) is 23.1 Å². The highest BCUT2D eigenvalue weighted by atomic mass is 32.2. The van der Waals surface area contributed by atoms with Crippen molar-refractivity contribution in [3.05, 3.63) is 16.8 Å². The molecule has 0 bridgehead atoms. The number of pyridine rings is 1. The van der Waals surface area contributed by atoms with Gasteiger partial charge in [0.05, 0.1) is 16.8 Å². The summed E-state index contributed by atoms with van der Waals surface area (Å²) in [6.45, 7) is 8.13. The Morgan fingerprint density at radius 3 is 2.64 bits per heavy atom. The van der Waals surface area contributed by atoms with Gasteiger partial charge in [0.2, 0.25) is 0 Å². The molecule has 28 heavy (non-hydrogen) atoms. The predicted octanol–water partition coefficient (Wildman–Crippen LogP) is 4.47. The van der Waals surface area contributed by atoms with E-state index in [1.165, 1.54) is 28.6 Å². The Hall–Kier alpha value is -1.44. The molecule has 0 fully saturated rings. The average molecular weight is 417 g/mol. The van der Waals surface area contributed by atoms with E-state index in [1.807, 2.05) is 6.26 Å². The fourth-order valence-corrected chi connectivity index (χ4v) is 5.75. The number of aliphatic hydroxyl groups is 1. The van der Waals surface area contributed by atoms with Crippen molar-refractivity contribution in [1.29, 1.82) is 0 Å². The van der Waals surface area contributed by atoms with E-state index in [9.17, 15) is 5.11 Å². The summed E-state index contributed by atoms with van der Waals surface area (Å²) < 4.78 is 1.10. The van der Waals surface area contributed by atoms with Gasteiger partial charge < -0.3 is 10.0 Å². The third-order valence-corrected chi connectivity index (χ3v) is 7.03. The van der Waals surface area contributed by atoms with E-state index in [0.717, 1.165) is 51.8 Å². The molecule has 0 aromatic carbocycles. The van der Waals surface area contributed by atoms with Gasteiger partial charge >= 0.3 is 0 Å². The maximum atomic E-state index is 9.52. The number of aliphatic hydroxyl groups excluding tert-OH is 1. The minimum absolute atomic E-state index is 0.116. The topological polar surface area (TPSA) is 62.1 Å². The summed E-state index contributed by atoms with van der Waals surface area (Å²) in [6.07, 6.45) is 6.51. The molecular weight excluding hydrogens is 388 g/mol. The van der Waals surface area contributed by atoms with Crippen LogP contribution in [0.1, 0.15) is 44.0 Å². The predicted molar refractivity (Wildman–Crippen MR) is 120 cm³/mol. The monoisotopic (exact) mass is 416 g/mol. The zero-order valence-electron chi connectivity index (χ0n) is 17.1. The standard InChI is InChI=1S/C21H28N4OS2/c1-5-25(9-10-26)19-18-17(23-21(24-19)27-4)16-14-8-6-7-13(14)15(11-12(2)3)22-20(16)28-18/h12,26H,5-11H2,1-4H3. The molecule has 0 saturated carbocycles. The van der Waals surface area contributed by atoms with Gasteiger partial charge in [0.1, 0.15) is 4.83 Å². The Balaban J connectivity index is 2.02. The summed E-state index contributed by atoms with van der Waals surface area (Å²) in [7, 11) is 0. The molecule has 3 heterocycles. The van der Waals surface area contributed by atoms with Crippen molar-refractivity contribution in [2.45, 2.75) is 51.6 Å². The summed E-state index contributed by atoms with van der Waals surface area (Å²) in [5.41, 5.74) is 5.26. The van der Waals surface area contributed by atoms with Crippen LogP contribution in [0.5, 0.6) is 0 Å². The first-order chi connectivity index (χ1) is 13.6. The lowest BCUT2D eigenvalue weighted by atomic mass is 9.99. The summed E-state index contributed by atoms with van der Waals surface area (Å²) in [5.74, 6) is 1.54. The van der Waals surface area contributed by atoms with Crippen LogP contribution in [-0.2, 0) is 19.3 Å². The highest BCUT2D eigenvalue weighted by molar-refractivity contribution is 7.98. The Bertz CT molecular complexity index is 1010. The Morgan fingerprint density at radius 2 is 1.96 bits per heavy atom. The molecule has 3 aromatic rings. The molecule has 3 aromatic heterocycles. The number of thioether (sulfide) groups is 1. The van der Waals surface area contributed by atoms with Crippen molar-refractivity contribution >= 4 is 49.3 Å². The minimum atomic E-state index is 0.116. The lowest BCUT2D eigenvalue weighted by Gasteiger charge is -2.21. The molecule has 1 aliphatic rings. The number of hydrogen-bond donors (Lipinski definition) is 1. The SMILES string of the molecule is CCN(CCO)c1nc(SC)nc2c1sc1nc(CC(C)C)c3c(c12)CCC3. The van der Waals surface area contributed by atoms with Gasteiger partial charge in [-0.05, 0) is 55.9 Å². The molecule has 0 atom stereocenters. The molecule has 0 amide bonds. The highest BCUT2D eigenvalue weighted by Crippen LogP contribution is 2.43. The number of anilines is 1. The van der Waals surface area contributed by atoms with Crippen LogP contribution in [0.4, 0.5) is 5.82 Å². The van der Waals surface area contributed by atoms with Crippen LogP contribution in [0.2, 0.25) is 0 Å². The molecular formula is C21H28N4OS2. The van der Waals surface area contributed by atoms with Gasteiger partial charge in [-0.3, -0.25) is 0 Å². The smallest absolute Gasteiger partial charge is 0.189 e. The van der Waals surface area contributed by atoms with E-state index < -0.39 is 0 Å². The van der Waals surface area contributed by atoms with Gasteiger partial charge in [-0.25, -0.2) is 15.0 Å². The summed E-state index contributed by atoms with van der Waals surface area (Å²) >= 11 is 3.29. The van der Waals surface area contributed by atoms with Crippen molar-refractivity contribution in [2.75, 3.05) is 30.9 Å². The molecule has 0 spiro atoms. The van der Waals surface area contributed by atoms with Crippen LogP contribution >= 0.6 is 23.1 Å². The highest BCUT2D eigenvalue weighted by Gasteiger charge is 2.26. The number of aromatic nitrogens is 3. The summed E-state index contributed by atoms with van der Waals surface area (Å²) in [4.78, 5) is 18.1. The van der Waals surface area contributed by atoms with Crippen molar-refractivity contribution in [2.24, 2.45) is 5.92 Å². The molecule has 4 rings (SSSR count). The number of nitrogens with zero attached hydrogens (tertiary/aromatic N) is 4. The van der Waals surface area contributed by atoms with Crippen LogP contribution in [0.3, 0.4) is 0 Å². The van der Waals surface area contributed by atoms with Crippen molar-refractivity contribution in [3.8, 4) is 0 Å². The van der Waals surface area contributed by atoms with E-state index in [2.05, 4.69) is 25.7 Å². The van der Waals surface area contributed by atoms with Crippen LogP contribution in [0.25, 0.3) is 20.4 Å². The fraction of sp³-hybridized carbons (Fsp3) is 0.571. The van der Waals surface area contributed by atoms with Crippen LogP contribution in [-0.4, -0.2) is 46.0 Å². The normalized spacial score (nSPS) is 13.8. The molecule has 5 nitrogen and oxygen atoms in total. The Morgan fingerprint density at radius 1 is 1.18 bits per heavy atom. The second kappa shape index (κ2) is 8.13. The van der Waals surface area contributed by atoms with Crippen molar-refractivity contribution in [1.82, 2.24) is 15.0 Å². The summed E-state index contributed by atoms with van der Waals surface area (Å²) in [6, 6.07) is 0. The number of thiophene rings is 1. The maximum absolute atomic E-state index is 9.52. The third-order valence-electron chi connectivity index (χ3n) is 5.42. The van der Waals surface area contributed by atoms with Crippen molar-refractivity contribution < 1.29 is 5.11 Å². The number of rotatable bonds is 7. The largest absolute Gasteiger partial charge is 0.395 e. The second-order valence-corrected chi connectivity index (χ2v) is 9.54. The van der Waals surface area contributed by atoms with E-state index in [-0.39, 0.29) is 6.61 Å². The maximum Gasteiger partial charge on any atom is 0.189 e. The lowest BCUT2D eigenvalue weighted by molar-refractivity contribution is 0.302.